The summed E-state index contributed by atoms with van der Waals surface area (Å²) in [6, 6.07) is 0. The fraction of sp³-hybridized carbons (Fsp3) is 0.500. The molecule has 0 aliphatic carbocycles. The normalized spacial score (nSPS) is 6.00. The number of carbonyl (C=O) groups is 2. The van der Waals surface area contributed by atoms with E-state index in [4.69, 9.17) is 0 Å². The van der Waals surface area contributed by atoms with Crippen LogP contribution < -0.4 is 0 Å². The summed E-state index contributed by atoms with van der Waals surface area (Å²) in [7, 11) is 0. The first-order valence-electron chi connectivity index (χ1n) is 1.82. The molecule has 0 aliphatic rings. The van der Waals surface area contributed by atoms with E-state index < -0.39 is 11.9 Å². The molecule has 0 spiro atoms. The molecule has 0 saturated carbocycles. The first kappa shape index (κ1) is 16.3. The van der Waals surface area contributed by atoms with Gasteiger partial charge in [-0.3, -0.25) is 9.59 Å². The number of rotatable bonds is 0. The van der Waals surface area contributed by atoms with Crippen molar-refractivity contribution in [1.82, 2.24) is 0 Å². The molecular weight excluding hydrogens is 329 g/mol. The Balaban J connectivity index is -0.000000180. The van der Waals surface area contributed by atoms with Gasteiger partial charge in [0, 0.05) is 56.8 Å². The van der Waals surface area contributed by atoms with Crippen molar-refractivity contribution < 1.29 is 57.2 Å². The second kappa shape index (κ2) is 8.53. The van der Waals surface area contributed by atoms with Crippen molar-refractivity contribution in [2.24, 2.45) is 0 Å². The quantitative estimate of drug-likeness (QED) is 0.358. The van der Waals surface area contributed by atoms with E-state index in [1.807, 2.05) is 0 Å². The molecule has 0 aliphatic heterocycles. The van der Waals surface area contributed by atoms with Gasteiger partial charge >= 0.3 is 11.9 Å². The maximum atomic E-state index is 9.81. The monoisotopic (exact) mass is 337 g/mol. The van der Waals surface area contributed by atoms with Crippen LogP contribution in [0, 0.1) is 0 Å². The SMILES string of the molecule is CC(=O)OC(C)=O.[Hf].[Mn]. The van der Waals surface area contributed by atoms with E-state index in [0.717, 1.165) is 0 Å². The second-order valence-corrected chi connectivity index (χ2v) is 1.09. The molecule has 0 heterocycles. The van der Waals surface area contributed by atoms with Gasteiger partial charge in [-0.1, -0.05) is 0 Å². The van der Waals surface area contributed by atoms with Gasteiger partial charge in [-0.15, -0.1) is 0 Å². The fourth-order valence-electron chi connectivity index (χ4n) is 0.202. The van der Waals surface area contributed by atoms with E-state index >= 15 is 0 Å². The Morgan fingerprint density at radius 2 is 1.33 bits per heavy atom. The first-order chi connectivity index (χ1) is 3.13. The Morgan fingerprint density at radius 1 is 1.11 bits per heavy atom. The van der Waals surface area contributed by atoms with Gasteiger partial charge in [0.25, 0.3) is 0 Å². The second-order valence-electron chi connectivity index (χ2n) is 1.09. The van der Waals surface area contributed by atoms with Crippen LogP contribution in [-0.2, 0) is 57.2 Å². The van der Waals surface area contributed by atoms with Gasteiger partial charge in [-0.2, -0.15) is 0 Å². The number of carbonyl (C=O) groups excluding carboxylic acids is 2. The molecule has 3 nitrogen and oxygen atoms in total. The van der Waals surface area contributed by atoms with Gasteiger partial charge in [-0.25, -0.2) is 0 Å². The van der Waals surface area contributed by atoms with Gasteiger partial charge in [0.15, 0.2) is 0 Å². The van der Waals surface area contributed by atoms with Gasteiger partial charge in [0.2, 0.25) is 0 Å². The van der Waals surface area contributed by atoms with Crippen molar-refractivity contribution in [2.45, 2.75) is 13.8 Å². The topological polar surface area (TPSA) is 43.4 Å². The molecule has 5 heteroatoms. The molecule has 0 aromatic heterocycles. The average molecular weight is 336 g/mol. The number of ether oxygens (including phenoxy) is 1. The molecule has 0 N–H and O–H groups in total. The van der Waals surface area contributed by atoms with Gasteiger partial charge < -0.3 is 4.74 Å². The molecule has 0 unspecified atom stereocenters. The molecule has 1 radical (unpaired) electrons. The van der Waals surface area contributed by atoms with Crippen LogP contribution in [0.1, 0.15) is 13.8 Å². The molecular formula is C4H6HfMnO3. The Labute approximate surface area is 82.8 Å². The van der Waals surface area contributed by atoms with E-state index in [1.54, 1.807) is 0 Å². The molecule has 0 bridgehead atoms. The molecule has 9 heavy (non-hydrogen) atoms. The van der Waals surface area contributed by atoms with E-state index in [2.05, 4.69) is 4.74 Å². The molecule has 0 rings (SSSR count). The zero-order valence-electron chi connectivity index (χ0n) is 5.10. The van der Waals surface area contributed by atoms with Crippen LogP contribution in [-0.4, -0.2) is 11.9 Å². The van der Waals surface area contributed by atoms with Crippen molar-refractivity contribution in [3.8, 4) is 0 Å². The number of hydrogen-bond acceptors (Lipinski definition) is 3. The van der Waals surface area contributed by atoms with Crippen LogP contribution >= 0.6 is 0 Å². The summed E-state index contributed by atoms with van der Waals surface area (Å²) in [6.45, 7) is 2.36. The molecule has 0 amide bonds. The Hall–Kier alpha value is 0.530. The minimum atomic E-state index is -0.562. The van der Waals surface area contributed by atoms with Gasteiger partial charge in [0.1, 0.15) is 0 Å². The van der Waals surface area contributed by atoms with Crippen LogP contribution in [0.4, 0.5) is 0 Å². The van der Waals surface area contributed by atoms with Crippen molar-refractivity contribution in [3.05, 3.63) is 0 Å². The molecule has 0 saturated heterocycles. The predicted octanol–water partition coefficient (Wildman–Crippen LogP) is 0.0910. The van der Waals surface area contributed by atoms with Crippen LogP contribution in [0.5, 0.6) is 0 Å². The molecule has 0 atom stereocenters. The van der Waals surface area contributed by atoms with Crippen molar-refractivity contribution in [1.29, 1.82) is 0 Å². The Morgan fingerprint density at radius 3 is 1.33 bits per heavy atom. The summed E-state index contributed by atoms with van der Waals surface area (Å²) in [6.07, 6.45) is 0. The average Bonchev–Trinajstić information content (AvgIpc) is 1.27. The van der Waals surface area contributed by atoms with Crippen molar-refractivity contribution >= 4 is 11.9 Å². The number of hydrogen-bond donors (Lipinski definition) is 0. The fourth-order valence-corrected chi connectivity index (χ4v) is 0.202. The Bertz CT molecular complexity index is 92.0. The maximum absolute atomic E-state index is 9.81. The van der Waals surface area contributed by atoms with E-state index in [9.17, 15) is 9.59 Å². The Kier molecular flexibility index (Phi) is 15.4. The molecule has 51 valence electrons. The van der Waals surface area contributed by atoms with Crippen LogP contribution in [0.2, 0.25) is 0 Å². The minimum Gasteiger partial charge on any atom is -0.394 e. The third-order valence-electron chi connectivity index (χ3n) is 0.287. The largest absolute Gasteiger partial charge is 0.394 e. The smallest absolute Gasteiger partial charge is 0.310 e. The summed E-state index contributed by atoms with van der Waals surface area (Å²) >= 11 is 0. The van der Waals surface area contributed by atoms with E-state index in [1.165, 1.54) is 13.8 Å². The van der Waals surface area contributed by atoms with Crippen LogP contribution in [0.3, 0.4) is 0 Å². The van der Waals surface area contributed by atoms with E-state index in [0.29, 0.717) is 0 Å². The first-order valence-corrected chi connectivity index (χ1v) is 1.82. The summed E-state index contributed by atoms with van der Waals surface area (Å²) in [5.41, 5.74) is 0. The van der Waals surface area contributed by atoms with Crippen LogP contribution in [0.15, 0.2) is 0 Å². The summed E-state index contributed by atoms with van der Waals surface area (Å²) < 4.78 is 3.97. The summed E-state index contributed by atoms with van der Waals surface area (Å²) in [5.74, 6) is -1.12. The van der Waals surface area contributed by atoms with Gasteiger partial charge in [-0.05, 0) is 0 Å². The van der Waals surface area contributed by atoms with Gasteiger partial charge in [0.05, 0.1) is 0 Å². The zero-order valence-corrected chi connectivity index (χ0v) is 9.88. The predicted molar refractivity (Wildman–Crippen MR) is 22.4 cm³/mol. The third kappa shape index (κ3) is 17.7. The van der Waals surface area contributed by atoms with E-state index in [-0.39, 0.29) is 42.9 Å². The number of esters is 2. The molecule has 0 aromatic rings. The summed E-state index contributed by atoms with van der Waals surface area (Å²) in [5, 5.41) is 0. The van der Waals surface area contributed by atoms with Crippen LogP contribution in [0.25, 0.3) is 0 Å². The van der Waals surface area contributed by atoms with Crippen molar-refractivity contribution in [2.75, 3.05) is 0 Å². The van der Waals surface area contributed by atoms with Crippen molar-refractivity contribution in [3.63, 3.8) is 0 Å². The molecule has 0 aromatic carbocycles. The molecule has 0 fully saturated rings. The minimum absolute atomic E-state index is 0. The summed E-state index contributed by atoms with van der Waals surface area (Å²) in [4.78, 5) is 19.6. The zero-order chi connectivity index (χ0) is 5.86. The third-order valence-corrected chi connectivity index (χ3v) is 0.287. The maximum Gasteiger partial charge on any atom is 0.310 e. The standard InChI is InChI=1S/C4H6O3.Hf.Mn/c1-3(5)7-4(2)6;;/h1-2H3;;.